The maximum atomic E-state index is 12.6. The van der Waals surface area contributed by atoms with Gasteiger partial charge in [-0.1, -0.05) is 48.6 Å². The highest BCUT2D eigenvalue weighted by molar-refractivity contribution is 9.11. The predicted molar refractivity (Wildman–Crippen MR) is 126 cm³/mol. The summed E-state index contributed by atoms with van der Waals surface area (Å²) >= 11 is 8.28. The van der Waals surface area contributed by atoms with E-state index < -0.39 is 0 Å². The minimum absolute atomic E-state index is 0.0246. The highest BCUT2D eigenvalue weighted by Gasteiger charge is 2.09. The van der Waals surface area contributed by atoms with Crippen molar-refractivity contribution in [3.05, 3.63) is 92.4 Å². The molecule has 0 atom stereocenters. The molecule has 0 unspecified atom stereocenters. The van der Waals surface area contributed by atoms with Gasteiger partial charge in [0.25, 0.3) is 0 Å². The van der Waals surface area contributed by atoms with E-state index in [0.29, 0.717) is 11.3 Å². The summed E-state index contributed by atoms with van der Waals surface area (Å²) in [4.78, 5) is 13.5. The van der Waals surface area contributed by atoms with Gasteiger partial charge in [-0.25, -0.2) is 0 Å². The van der Waals surface area contributed by atoms with Crippen molar-refractivity contribution >= 4 is 60.9 Å². The summed E-state index contributed by atoms with van der Waals surface area (Å²) in [6, 6.07) is 21.2. The second kappa shape index (κ2) is 10.8. The molecule has 0 aromatic heterocycles. The molecule has 0 saturated heterocycles. The number of hydrogen-bond donors (Lipinski definition) is 0. The van der Waals surface area contributed by atoms with Gasteiger partial charge < -0.3 is 9.47 Å². The Kier molecular flexibility index (Phi) is 8.12. The van der Waals surface area contributed by atoms with Crippen LogP contribution in [0.25, 0.3) is 12.2 Å². The molecular formula is C23H18Br2O3S. The molecule has 29 heavy (non-hydrogen) atoms. The Bertz CT molecular complexity index is 997. The average molecular weight is 534 g/mol. The molecule has 0 fully saturated rings. The van der Waals surface area contributed by atoms with Crippen LogP contribution in [-0.2, 0) is 4.74 Å². The van der Waals surface area contributed by atoms with Gasteiger partial charge in [0, 0.05) is 17.6 Å². The number of ether oxygens (including phenoxy) is 2. The zero-order valence-corrected chi connectivity index (χ0v) is 19.6. The summed E-state index contributed by atoms with van der Waals surface area (Å²) in [5, 5.41) is 0.0246. The standard InChI is InChI=1S/C23H18Br2O3S/c1-27-15-28-22-20(24)13-17(14-21(22)25)11-10-16-6-5-7-18(12-16)23(26)29-19-8-3-2-4-9-19/h2-14H,15H2,1H3/b11-10+. The number of carbonyl (C=O) groups is 1. The third-order valence-corrected chi connectivity index (χ3v) is 5.99. The van der Waals surface area contributed by atoms with E-state index in [1.807, 2.05) is 78.9 Å². The van der Waals surface area contributed by atoms with E-state index in [2.05, 4.69) is 31.9 Å². The fourth-order valence-electron chi connectivity index (χ4n) is 2.55. The summed E-state index contributed by atoms with van der Waals surface area (Å²) in [6.45, 7) is 0.175. The predicted octanol–water partition coefficient (Wildman–Crippen LogP) is 7.30. The van der Waals surface area contributed by atoms with Crippen LogP contribution in [0, 0.1) is 0 Å². The zero-order chi connectivity index (χ0) is 20.6. The van der Waals surface area contributed by atoms with E-state index in [0.717, 1.165) is 25.0 Å². The molecule has 6 heteroatoms. The van der Waals surface area contributed by atoms with Crippen molar-refractivity contribution < 1.29 is 14.3 Å². The van der Waals surface area contributed by atoms with E-state index in [1.54, 1.807) is 7.11 Å². The van der Waals surface area contributed by atoms with Gasteiger partial charge in [-0.05, 0) is 85.1 Å². The SMILES string of the molecule is COCOc1c(Br)cc(/C=C/c2cccc(C(=O)Sc3ccccc3)c2)cc1Br. The summed E-state index contributed by atoms with van der Waals surface area (Å²) in [7, 11) is 1.58. The molecule has 0 bridgehead atoms. The van der Waals surface area contributed by atoms with Crippen LogP contribution in [-0.4, -0.2) is 19.0 Å². The molecule has 3 aromatic carbocycles. The van der Waals surface area contributed by atoms with Crippen molar-refractivity contribution in [1.82, 2.24) is 0 Å². The molecule has 0 spiro atoms. The monoisotopic (exact) mass is 532 g/mol. The Hall–Kier alpha value is -1.86. The molecular weight excluding hydrogens is 516 g/mol. The van der Waals surface area contributed by atoms with Crippen LogP contribution in [0.1, 0.15) is 21.5 Å². The van der Waals surface area contributed by atoms with E-state index in [-0.39, 0.29) is 11.9 Å². The van der Waals surface area contributed by atoms with Gasteiger partial charge in [-0.2, -0.15) is 0 Å². The summed E-state index contributed by atoms with van der Waals surface area (Å²) < 4.78 is 12.1. The van der Waals surface area contributed by atoms with Crippen molar-refractivity contribution in [2.45, 2.75) is 4.90 Å². The Morgan fingerprint density at radius 1 is 0.931 bits per heavy atom. The van der Waals surface area contributed by atoms with E-state index in [9.17, 15) is 4.79 Å². The highest BCUT2D eigenvalue weighted by atomic mass is 79.9. The van der Waals surface area contributed by atoms with Crippen LogP contribution >= 0.6 is 43.6 Å². The molecule has 0 amide bonds. The number of methoxy groups -OCH3 is 1. The van der Waals surface area contributed by atoms with E-state index in [4.69, 9.17) is 9.47 Å². The normalized spacial score (nSPS) is 11.0. The lowest BCUT2D eigenvalue weighted by Crippen LogP contribution is -2.00. The third kappa shape index (κ3) is 6.31. The quantitative estimate of drug-likeness (QED) is 0.181. The maximum Gasteiger partial charge on any atom is 0.224 e. The van der Waals surface area contributed by atoms with Crippen molar-refractivity contribution in [1.29, 1.82) is 0 Å². The minimum Gasteiger partial charge on any atom is -0.465 e. The smallest absolute Gasteiger partial charge is 0.224 e. The van der Waals surface area contributed by atoms with Crippen LogP contribution in [0.2, 0.25) is 0 Å². The molecule has 3 rings (SSSR count). The lowest BCUT2D eigenvalue weighted by atomic mass is 10.1. The highest BCUT2D eigenvalue weighted by Crippen LogP contribution is 2.35. The van der Waals surface area contributed by atoms with Crippen LogP contribution in [0.5, 0.6) is 5.75 Å². The van der Waals surface area contributed by atoms with Crippen molar-refractivity contribution in [3.63, 3.8) is 0 Å². The second-order valence-corrected chi connectivity index (χ2v) is 8.78. The van der Waals surface area contributed by atoms with E-state index in [1.165, 1.54) is 11.8 Å². The molecule has 3 nitrogen and oxygen atoms in total. The Morgan fingerprint density at radius 3 is 2.31 bits per heavy atom. The average Bonchev–Trinajstić information content (AvgIpc) is 2.73. The Labute approximate surface area is 191 Å². The molecule has 0 aliphatic heterocycles. The Morgan fingerprint density at radius 2 is 1.62 bits per heavy atom. The second-order valence-electron chi connectivity index (χ2n) is 6.03. The lowest BCUT2D eigenvalue weighted by molar-refractivity contribution is 0.0500. The summed E-state index contributed by atoms with van der Waals surface area (Å²) in [5.74, 6) is 0.689. The van der Waals surface area contributed by atoms with Gasteiger partial charge in [0.1, 0.15) is 0 Å². The molecule has 0 aliphatic rings. The van der Waals surface area contributed by atoms with Gasteiger partial charge in [0.15, 0.2) is 12.5 Å². The number of rotatable bonds is 7. The zero-order valence-electron chi connectivity index (χ0n) is 15.6. The third-order valence-electron chi connectivity index (χ3n) is 3.89. The number of hydrogen-bond acceptors (Lipinski definition) is 4. The molecule has 0 saturated carbocycles. The van der Waals surface area contributed by atoms with Crippen molar-refractivity contribution in [2.24, 2.45) is 0 Å². The molecule has 0 radical (unpaired) electrons. The molecule has 0 heterocycles. The van der Waals surface area contributed by atoms with E-state index >= 15 is 0 Å². The molecule has 0 N–H and O–H groups in total. The first-order valence-corrected chi connectivity index (χ1v) is 11.1. The van der Waals surface area contributed by atoms with Crippen molar-refractivity contribution in [3.8, 4) is 5.75 Å². The van der Waals surface area contributed by atoms with Gasteiger partial charge >= 0.3 is 0 Å². The number of thioether (sulfide) groups is 1. The first-order chi connectivity index (χ1) is 14.1. The maximum absolute atomic E-state index is 12.6. The molecule has 148 valence electrons. The van der Waals surface area contributed by atoms with Gasteiger partial charge in [-0.15, -0.1) is 0 Å². The van der Waals surface area contributed by atoms with Crippen LogP contribution in [0.3, 0.4) is 0 Å². The van der Waals surface area contributed by atoms with Crippen LogP contribution in [0.15, 0.2) is 80.6 Å². The largest absolute Gasteiger partial charge is 0.465 e. The van der Waals surface area contributed by atoms with Crippen molar-refractivity contribution in [2.75, 3.05) is 13.9 Å². The first-order valence-electron chi connectivity index (χ1n) is 8.73. The number of benzene rings is 3. The summed E-state index contributed by atoms with van der Waals surface area (Å²) in [6.07, 6.45) is 3.97. The van der Waals surface area contributed by atoms with Crippen LogP contribution < -0.4 is 4.74 Å². The fourth-order valence-corrected chi connectivity index (χ4v) is 4.75. The first kappa shape index (κ1) is 21.8. The number of halogens is 2. The minimum atomic E-state index is 0.0246. The van der Waals surface area contributed by atoms with Gasteiger partial charge in [0.05, 0.1) is 8.95 Å². The number of carbonyl (C=O) groups excluding carboxylic acids is 1. The lowest BCUT2D eigenvalue weighted by Gasteiger charge is -2.10. The summed E-state index contributed by atoms with van der Waals surface area (Å²) in [5.41, 5.74) is 2.62. The fraction of sp³-hybridized carbons (Fsp3) is 0.0870. The van der Waals surface area contributed by atoms with Gasteiger partial charge in [-0.3, -0.25) is 4.79 Å². The molecule has 0 aliphatic carbocycles. The Balaban J connectivity index is 1.74. The van der Waals surface area contributed by atoms with Crippen LogP contribution in [0.4, 0.5) is 0 Å². The van der Waals surface area contributed by atoms with Gasteiger partial charge in [0.2, 0.25) is 5.12 Å². The molecule has 3 aromatic rings. The topological polar surface area (TPSA) is 35.5 Å².